The molecule has 2 rings (SSSR count). The van der Waals surface area contributed by atoms with Gasteiger partial charge in [-0.1, -0.05) is 49.6 Å². The van der Waals surface area contributed by atoms with E-state index in [1.54, 1.807) is 6.92 Å². The highest BCUT2D eigenvalue weighted by atomic mass is 16.3. The normalized spacial score (nSPS) is 20.8. The topological polar surface area (TPSA) is 37.3 Å². The Balaban J connectivity index is 2.31. The van der Waals surface area contributed by atoms with Gasteiger partial charge in [-0.25, -0.2) is 0 Å². The molecule has 1 fully saturated rings. The summed E-state index contributed by atoms with van der Waals surface area (Å²) in [7, 11) is 0. The number of rotatable bonds is 3. The summed E-state index contributed by atoms with van der Waals surface area (Å²) in [5.41, 5.74) is 0.190. The van der Waals surface area contributed by atoms with Crippen LogP contribution < -0.4 is 0 Å². The predicted molar refractivity (Wildman–Crippen MR) is 68.0 cm³/mol. The standard InChI is InChI=1S/C15H20O2/c1-12(16)15(10-6-3-7-11-15)14(17)13-8-4-2-5-9-13/h2,4-5,8-9,12,16H,3,6-7,10-11H2,1H3. The first-order valence-electron chi connectivity index (χ1n) is 6.45. The molecule has 1 atom stereocenters. The Bertz CT molecular complexity index is 375. The van der Waals surface area contributed by atoms with E-state index in [0.717, 1.165) is 31.2 Å². The third-order valence-electron chi connectivity index (χ3n) is 4.03. The number of aliphatic hydroxyl groups excluding tert-OH is 1. The molecule has 0 aromatic heterocycles. The number of carbonyl (C=O) groups is 1. The Morgan fingerprint density at radius 2 is 1.76 bits per heavy atom. The Morgan fingerprint density at radius 3 is 2.29 bits per heavy atom. The summed E-state index contributed by atoms with van der Waals surface area (Å²) in [4.78, 5) is 12.6. The molecule has 1 aromatic rings. The zero-order valence-electron chi connectivity index (χ0n) is 10.4. The molecular weight excluding hydrogens is 212 g/mol. The van der Waals surface area contributed by atoms with Crippen LogP contribution in [0.15, 0.2) is 30.3 Å². The van der Waals surface area contributed by atoms with Crippen LogP contribution in [-0.4, -0.2) is 17.0 Å². The molecule has 0 radical (unpaired) electrons. The summed E-state index contributed by atoms with van der Waals surface area (Å²) in [6.45, 7) is 1.76. The molecule has 1 aliphatic carbocycles. The largest absolute Gasteiger partial charge is 0.392 e. The van der Waals surface area contributed by atoms with Crippen LogP contribution in [0.5, 0.6) is 0 Å². The number of ketones is 1. The molecular formula is C15H20O2. The van der Waals surface area contributed by atoms with E-state index in [1.807, 2.05) is 30.3 Å². The molecule has 1 aromatic carbocycles. The number of carbonyl (C=O) groups excluding carboxylic acids is 1. The van der Waals surface area contributed by atoms with E-state index < -0.39 is 11.5 Å². The molecule has 1 unspecified atom stereocenters. The third-order valence-corrected chi connectivity index (χ3v) is 4.03. The van der Waals surface area contributed by atoms with Crippen molar-refractivity contribution in [2.45, 2.75) is 45.1 Å². The summed E-state index contributed by atoms with van der Waals surface area (Å²) in [6, 6.07) is 9.37. The van der Waals surface area contributed by atoms with Crippen LogP contribution in [0.3, 0.4) is 0 Å². The van der Waals surface area contributed by atoms with E-state index in [0.29, 0.717) is 0 Å². The first-order chi connectivity index (χ1) is 8.17. The molecule has 0 bridgehead atoms. The molecule has 92 valence electrons. The molecule has 0 heterocycles. The van der Waals surface area contributed by atoms with Gasteiger partial charge in [0.25, 0.3) is 0 Å². The molecule has 0 saturated heterocycles. The fourth-order valence-electron chi connectivity index (χ4n) is 2.89. The number of benzene rings is 1. The first-order valence-corrected chi connectivity index (χ1v) is 6.45. The van der Waals surface area contributed by atoms with Crippen LogP contribution in [0, 0.1) is 5.41 Å². The minimum absolute atomic E-state index is 0.118. The zero-order valence-corrected chi connectivity index (χ0v) is 10.4. The predicted octanol–water partition coefficient (Wildman–Crippen LogP) is 3.20. The smallest absolute Gasteiger partial charge is 0.171 e. The highest BCUT2D eigenvalue weighted by molar-refractivity contribution is 6.01. The van der Waals surface area contributed by atoms with E-state index in [1.165, 1.54) is 6.42 Å². The molecule has 1 saturated carbocycles. The van der Waals surface area contributed by atoms with Crippen molar-refractivity contribution in [1.82, 2.24) is 0 Å². The van der Waals surface area contributed by atoms with Crippen LogP contribution in [0.1, 0.15) is 49.4 Å². The van der Waals surface area contributed by atoms with Crippen molar-refractivity contribution >= 4 is 5.78 Å². The molecule has 1 aliphatic rings. The van der Waals surface area contributed by atoms with Gasteiger partial charge in [-0.3, -0.25) is 4.79 Å². The summed E-state index contributed by atoms with van der Waals surface area (Å²) in [5, 5.41) is 10.0. The summed E-state index contributed by atoms with van der Waals surface area (Å²) in [6.07, 6.45) is 4.34. The van der Waals surface area contributed by atoms with E-state index in [9.17, 15) is 9.90 Å². The van der Waals surface area contributed by atoms with Gasteiger partial charge in [-0.05, 0) is 19.8 Å². The monoisotopic (exact) mass is 232 g/mol. The van der Waals surface area contributed by atoms with Gasteiger partial charge in [0.05, 0.1) is 11.5 Å². The fraction of sp³-hybridized carbons (Fsp3) is 0.533. The van der Waals surface area contributed by atoms with Crippen molar-refractivity contribution in [2.24, 2.45) is 5.41 Å². The van der Waals surface area contributed by atoms with Crippen LogP contribution in [0.2, 0.25) is 0 Å². The van der Waals surface area contributed by atoms with Gasteiger partial charge in [0.1, 0.15) is 0 Å². The van der Waals surface area contributed by atoms with Gasteiger partial charge in [0, 0.05) is 5.56 Å². The maximum absolute atomic E-state index is 12.6. The second-order valence-corrected chi connectivity index (χ2v) is 5.09. The van der Waals surface area contributed by atoms with Crippen molar-refractivity contribution in [3.05, 3.63) is 35.9 Å². The lowest BCUT2D eigenvalue weighted by Crippen LogP contribution is -2.42. The van der Waals surface area contributed by atoms with Crippen LogP contribution in [0.4, 0.5) is 0 Å². The molecule has 17 heavy (non-hydrogen) atoms. The highest BCUT2D eigenvalue weighted by Crippen LogP contribution is 2.41. The first kappa shape index (κ1) is 12.3. The number of aliphatic hydroxyl groups is 1. The number of hydrogen-bond donors (Lipinski definition) is 1. The molecule has 0 aliphatic heterocycles. The maximum Gasteiger partial charge on any atom is 0.171 e. The van der Waals surface area contributed by atoms with Crippen molar-refractivity contribution in [3.63, 3.8) is 0 Å². The van der Waals surface area contributed by atoms with E-state index >= 15 is 0 Å². The summed E-state index contributed by atoms with van der Waals surface area (Å²) >= 11 is 0. The van der Waals surface area contributed by atoms with Crippen LogP contribution in [-0.2, 0) is 0 Å². The minimum Gasteiger partial charge on any atom is -0.392 e. The molecule has 0 amide bonds. The lowest BCUT2D eigenvalue weighted by molar-refractivity contribution is 0.0145. The second-order valence-electron chi connectivity index (χ2n) is 5.09. The Hall–Kier alpha value is -1.15. The average molecular weight is 232 g/mol. The van der Waals surface area contributed by atoms with E-state index in [-0.39, 0.29) is 5.78 Å². The summed E-state index contributed by atoms with van der Waals surface area (Å²) < 4.78 is 0. The van der Waals surface area contributed by atoms with Crippen molar-refractivity contribution in [3.8, 4) is 0 Å². The lowest BCUT2D eigenvalue weighted by Gasteiger charge is -2.38. The second kappa shape index (κ2) is 5.01. The van der Waals surface area contributed by atoms with Crippen LogP contribution in [0.25, 0.3) is 0 Å². The zero-order chi connectivity index (χ0) is 12.3. The molecule has 2 heteroatoms. The Labute approximate surface area is 103 Å². The van der Waals surface area contributed by atoms with Crippen molar-refractivity contribution < 1.29 is 9.90 Å². The quantitative estimate of drug-likeness (QED) is 0.812. The number of hydrogen-bond acceptors (Lipinski definition) is 2. The van der Waals surface area contributed by atoms with Gasteiger partial charge < -0.3 is 5.11 Å². The molecule has 0 spiro atoms. The van der Waals surface area contributed by atoms with Crippen molar-refractivity contribution in [1.29, 1.82) is 0 Å². The average Bonchev–Trinajstić information content (AvgIpc) is 2.39. The van der Waals surface area contributed by atoms with Gasteiger partial charge in [0.15, 0.2) is 5.78 Å². The fourth-order valence-corrected chi connectivity index (χ4v) is 2.89. The van der Waals surface area contributed by atoms with Crippen LogP contribution >= 0.6 is 0 Å². The van der Waals surface area contributed by atoms with Gasteiger partial charge in [-0.15, -0.1) is 0 Å². The van der Waals surface area contributed by atoms with Crippen molar-refractivity contribution in [2.75, 3.05) is 0 Å². The van der Waals surface area contributed by atoms with Gasteiger partial charge in [-0.2, -0.15) is 0 Å². The van der Waals surface area contributed by atoms with E-state index in [2.05, 4.69) is 0 Å². The minimum atomic E-state index is -0.560. The number of Topliss-reactive ketones (excluding diaryl/α,β-unsaturated/α-hetero) is 1. The lowest BCUT2D eigenvalue weighted by atomic mass is 9.66. The molecule has 1 N–H and O–H groups in total. The van der Waals surface area contributed by atoms with Gasteiger partial charge >= 0.3 is 0 Å². The van der Waals surface area contributed by atoms with Gasteiger partial charge in [0.2, 0.25) is 0 Å². The summed E-state index contributed by atoms with van der Waals surface area (Å²) in [5.74, 6) is 0.118. The Kier molecular flexibility index (Phi) is 3.63. The maximum atomic E-state index is 12.6. The third kappa shape index (κ3) is 2.27. The van der Waals surface area contributed by atoms with E-state index in [4.69, 9.17) is 0 Å². The Morgan fingerprint density at radius 1 is 1.18 bits per heavy atom. The highest BCUT2D eigenvalue weighted by Gasteiger charge is 2.43. The molecule has 2 nitrogen and oxygen atoms in total. The SMILES string of the molecule is CC(O)C1(C(=O)c2ccccc2)CCCCC1.